The monoisotopic (exact) mass is 343 g/mol. The van der Waals surface area contributed by atoms with Gasteiger partial charge in [-0.1, -0.05) is 52.4 Å². The van der Waals surface area contributed by atoms with Crippen molar-refractivity contribution < 1.29 is 4.57 Å². The van der Waals surface area contributed by atoms with Crippen molar-refractivity contribution in [1.29, 1.82) is 0 Å². The van der Waals surface area contributed by atoms with Gasteiger partial charge in [-0.05, 0) is 26.7 Å². The first-order valence-electron chi connectivity index (χ1n) is 9.95. The van der Waals surface area contributed by atoms with E-state index < -0.39 is 7.59 Å². The standard InChI is InChI=1S/C18H38N3OP/c1-5-7-9-11-13-19(14-12-10-8-6-2)23(22,20-15-17(20)3)21-16-18(21)4/h17-18H,5-16H2,1-4H3/t17-,18+,20?,21?,23?. The molecule has 0 aliphatic carbocycles. The molecule has 23 heavy (non-hydrogen) atoms. The lowest BCUT2D eigenvalue weighted by Crippen LogP contribution is -2.30. The van der Waals surface area contributed by atoms with Crippen LogP contribution in [-0.4, -0.2) is 52.3 Å². The van der Waals surface area contributed by atoms with Crippen molar-refractivity contribution in [3.8, 4) is 0 Å². The second-order valence-electron chi connectivity index (χ2n) is 7.53. The summed E-state index contributed by atoms with van der Waals surface area (Å²) in [7, 11) is -2.46. The largest absolute Gasteiger partial charge is 0.287 e. The first-order chi connectivity index (χ1) is 11.1. The van der Waals surface area contributed by atoms with Crippen molar-refractivity contribution in [2.75, 3.05) is 26.2 Å². The van der Waals surface area contributed by atoms with Crippen molar-refractivity contribution >= 4 is 7.59 Å². The maximum absolute atomic E-state index is 14.0. The molecule has 2 saturated heterocycles. The predicted octanol–water partition coefficient (Wildman–Crippen LogP) is 4.97. The molecule has 0 amide bonds. The minimum absolute atomic E-state index is 0.502. The predicted molar refractivity (Wildman–Crippen MR) is 99.8 cm³/mol. The molecule has 2 aliphatic heterocycles. The fraction of sp³-hybridized carbons (Fsp3) is 1.00. The summed E-state index contributed by atoms with van der Waals surface area (Å²) in [6, 6.07) is 1.00. The number of hydrogen-bond donors (Lipinski definition) is 0. The van der Waals surface area contributed by atoms with Gasteiger partial charge in [0.15, 0.2) is 0 Å². The SMILES string of the molecule is CCCCCCN(CCCCCC)P(=O)(N1C[C@H]1C)N1C[C@@H]1C. The Morgan fingerprint density at radius 2 is 1.22 bits per heavy atom. The van der Waals surface area contributed by atoms with Gasteiger partial charge in [0.1, 0.15) is 0 Å². The Hall–Kier alpha value is 0.110. The van der Waals surface area contributed by atoms with Crippen molar-refractivity contribution in [3.05, 3.63) is 0 Å². The molecular weight excluding hydrogens is 305 g/mol. The number of nitrogens with zero attached hydrogens (tertiary/aromatic N) is 3. The smallest absolute Gasteiger partial charge is 0.270 e. The molecule has 0 saturated carbocycles. The highest BCUT2D eigenvalue weighted by molar-refractivity contribution is 7.57. The fourth-order valence-corrected chi connectivity index (χ4v) is 7.13. The molecule has 5 heteroatoms. The summed E-state index contributed by atoms with van der Waals surface area (Å²) in [5.41, 5.74) is 0. The minimum Gasteiger partial charge on any atom is -0.270 e. The Kier molecular flexibility index (Phi) is 7.59. The first kappa shape index (κ1) is 19.4. The molecule has 0 spiro atoms. The highest BCUT2D eigenvalue weighted by Gasteiger charge is 2.57. The zero-order valence-electron chi connectivity index (χ0n) is 15.8. The molecule has 2 rings (SSSR count). The Labute approximate surface area is 144 Å². The average Bonchev–Trinajstić information content (AvgIpc) is 3.43. The number of unbranched alkanes of at least 4 members (excludes halogenated alkanes) is 6. The van der Waals surface area contributed by atoms with Gasteiger partial charge in [-0.25, -0.2) is 14.0 Å². The fourth-order valence-electron chi connectivity index (χ4n) is 3.46. The van der Waals surface area contributed by atoms with E-state index in [1.54, 1.807) is 0 Å². The van der Waals surface area contributed by atoms with Gasteiger partial charge in [-0.15, -0.1) is 0 Å². The maximum atomic E-state index is 14.0. The van der Waals surface area contributed by atoms with E-state index in [9.17, 15) is 4.57 Å². The van der Waals surface area contributed by atoms with Crippen LogP contribution in [0.3, 0.4) is 0 Å². The highest BCUT2D eigenvalue weighted by Crippen LogP contribution is 2.66. The van der Waals surface area contributed by atoms with Gasteiger partial charge in [-0.3, -0.25) is 4.57 Å². The molecule has 4 nitrogen and oxygen atoms in total. The molecular formula is C18H38N3OP. The third kappa shape index (κ3) is 5.04. The number of rotatable bonds is 13. The molecule has 2 heterocycles. The van der Waals surface area contributed by atoms with Crippen molar-refractivity contribution in [1.82, 2.24) is 14.0 Å². The van der Waals surface area contributed by atoms with E-state index in [2.05, 4.69) is 41.7 Å². The van der Waals surface area contributed by atoms with Crippen molar-refractivity contribution in [2.45, 2.75) is 91.1 Å². The maximum Gasteiger partial charge on any atom is 0.287 e. The molecule has 2 aliphatic rings. The van der Waals surface area contributed by atoms with Crippen LogP contribution in [0.5, 0.6) is 0 Å². The lowest BCUT2D eigenvalue weighted by Gasteiger charge is -2.34. The Morgan fingerprint density at radius 1 is 0.826 bits per heavy atom. The van der Waals surface area contributed by atoms with Gasteiger partial charge in [0, 0.05) is 38.3 Å². The van der Waals surface area contributed by atoms with Gasteiger partial charge < -0.3 is 0 Å². The Balaban J connectivity index is 1.98. The van der Waals surface area contributed by atoms with Crippen LogP contribution in [0.1, 0.15) is 79.1 Å². The van der Waals surface area contributed by atoms with Gasteiger partial charge in [0.2, 0.25) is 0 Å². The molecule has 0 radical (unpaired) electrons. The number of hydrogen-bond acceptors (Lipinski definition) is 1. The molecule has 3 unspecified atom stereocenters. The van der Waals surface area contributed by atoms with Gasteiger partial charge in [-0.2, -0.15) is 0 Å². The van der Waals surface area contributed by atoms with Crippen molar-refractivity contribution in [2.24, 2.45) is 0 Å². The minimum atomic E-state index is -2.46. The van der Waals surface area contributed by atoms with Gasteiger partial charge >= 0.3 is 0 Å². The van der Waals surface area contributed by atoms with E-state index in [4.69, 9.17) is 0 Å². The molecule has 0 aromatic rings. The Bertz CT molecular complexity index is 372. The van der Waals surface area contributed by atoms with Crippen LogP contribution in [0, 0.1) is 0 Å². The molecule has 0 N–H and O–H groups in total. The summed E-state index contributed by atoms with van der Waals surface area (Å²) in [5.74, 6) is 0. The van der Waals surface area contributed by atoms with E-state index >= 15 is 0 Å². The molecule has 0 bridgehead atoms. The molecule has 0 aromatic heterocycles. The van der Waals surface area contributed by atoms with Crippen LogP contribution in [0.4, 0.5) is 0 Å². The zero-order chi connectivity index (χ0) is 16.9. The summed E-state index contributed by atoms with van der Waals surface area (Å²) in [4.78, 5) is 0. The summed E-state index contributed by atoms with van der Waals surface area (Å²) < 4.78 is 20.9. The molecule has 2 fully saturated rings. The highest BCUT2D eigenvalue weighted by atomic mass is 31.2. The van der Waals surface area contributed by atoms with Crippen LogP contribution in [-0.2, 0) is 4.57 Å². The third-order valence-electron chi connectivity index (χ3n) is 5.23. The lowest BCUT2D eigenvalue weighted by atomic mass is 10.2. The zero-order valence-corrected chi connectivity index (χ0v) is 16.7. The van der Waals surface area contributed by atoms with E-state index in [0.717, 1.165) is 26.2 Å². The third-order valence-corrected chi connectivity index (χ3v) is 8.82. The van der Waals surface area contributed by atoms with E-state index in [-0.39, 0.29) is 0 Å². The van der Waals surface area contributed by atoms with Gasteiger partial charge in [0.25, 0.3) is 7.59 Å². The summed E-state index contributed by atoms with van der Waals surface area (Å²) in [5, 5.41) is 0. The first-order valence-corrected chi connectivity index (χ1v) is 11.5. The summed E-state index contributed by atoms with van der Waals surface area (Å²) >= 11 is 0. The topological polar surface area (TPSA) is 26.3 Å². The molecule has 0 aromatic carbocycles. The van der Waals surface area contributed by atoms with Crippen LogP contribution in [0.15, 0.2) is 0 Å². The lowest BCUT2D eigenvalue weighted by molar-refractivity contribution is 0.341. The van der Waals surface area contributed by atoms with Crippen LogP contribution in [0.2, 0.25) is 0 Å². The summed E-state index contributed by atoms with van der Waals surface area (Å²) in [6.07, 6.45) is 10.1. The van der Waals surface area contributed by atoms with Gasteiger partial charge in [0.05, 0.1) is 0 Å². The van der Waals surface area contributed by atoms with Crippen LogP contribution in [0.25, 0.3) is 0 Å². The summed E-state index contributed by atoms with van der Waals surface area (Å²) in [6.45, 7) is 13.0. The Morgan fingerprint density at radius 3 is 1.52 bits per heavy atom. The quantitative estimate of drug-likeness (QED) is 0.268. The normalized spacial score (nSPS) is 32.0. The van der Waals surface area contributed by atoms with Crippen molar-refractivity contribution in [3.63, 3.8) is 0 Å². The molecule has 136 valence electrons. The second-order valence-corrected chi connectivity index (χ2v) is 10.2. The average molecular weight is 343 g/mol. The molecule has 5 atom stereocenters. The van der Waals surface area contributed by atoms with E-state index in [0.29, 0.717) is 12.1 Å². The van der Waals surface area contributed by atoms with Crippen LogP contribution >= 0.6 is 7.59 Å². The van der Waals surface area contributed by atoms with Crippen LogP contribution < -0.4 is 0 Å². The van der Waals surface area contributed by atoms with E-state index in [1.165, 1.54) is 51.4 Å². The second kappa shape index (κ2) is 8.99. The van der Waals surface area contributed by atoms with E-state index in [1.807, 2.05) is 0 Å².